The maximum Gasteiger partial charge on any atom is 0.146 e. The summed E-state index contributed by atoms with van der Waals surface area (Å²) in [5.41, 5.74) is 8.38. The lowest BCUT2D eigenvalue weighted by Gasteiger charge is -2.15. The van der Waals surface area contributed by atoms with Crippen LogP contribution in [0.15, 0.2) is 36.8 Å². The minimum atomic E-state index is 0.0227. The lowest BCUT2D eigenvalue weighted by atomic mass is 10.1. The first-order chi connectivity index (χ1) is 9.25. The number of fused-ring (bicyclic) bond motifs is 1. The average Bonchev–Trinajstić information content (AvgIpc) is 2.96. The lowest BCUT2D eigenvalue weighted by molar-refractivity contribution is 0.797. The van der Waals surface area contributed by atoms with Crippen LogP contribution in [0.3, 0.4) is 0 Å². The van der Waals surface area contributed by atoms with E-state index in [1.54, 1.807) is 6.20 Å². The number of H-pyrrole nitrogens is 1. The second-order valence-corrected chi connectivity index (χ2v) is 4.34. The number of anilines is 2. The van der Waals surface area contributed by atoms with E-state index in [-0.39, 0.29) is 6.04 Å². The summed E-state index contributed by atoms with van der Waals surface area (Å²) < 4.78 is 0. The molecule has 0 spiro atoms. The Hall–Kier alpha value is -2.63. The SMILES string of the molecule is CC(Nc1ccc(N)c2ncccc12)c1ncn[nH]1. The topological polar surface area (TPSA) is 92.5 Å². The number of hydrogen-bond donors (Lipinski definition) is 3. The van der Waals surface area contributed by atoms with Crippen LogP contribution in [-0.4, -0.2) is 20.2 Å². The number of hydrogen-bond acceptors (Lipinski definition) is 5. The molecule has 3 aromatic rings. The third-order valence-electron chi connectivity index (χ3n) is 3.02. The largest absolute Gasteiger partial charge is 0.397 e. The van der Waals surface area contributed by atoms with E-state index >= 15 is 0 Å². The minimum Gasteiger partial charge on any atom is -0.397 e. The summed E-state index contributed by atoms with van der Waals surface area (Å²) in [7, 11) is 0. The predicted molar refractivity (Wildman–Crippen MR) is 74.6 cm³/mol. The molecule has 3 rings (SSSR count). The molecule has 0 radical (unpaired) electrons. The Morgan fingerprint density at radius 1 is 1.26 bits per heavy atom. The summed E-state index contributed by atoms with van der Waals surface area (Å²) in [6, 6.07) is 7.71. The molecule has 0 bridgehead atoms. The van der Waals surface area contributed by atoms with Crippen molar-refractivity contribution in [1.82, 2.24) is 20.2 Å². The van der Waals surface area contributed by atoms with Crippen molar-refractivity contribution < 1.29 is 0 Å². The van der Waals surface area contributed by atoms with Gasteiger partial charge in [-0.25, -0.2) is 4.98 Å². The number of rotatable bonds is 3. The predicted octanol–water partition coefficient (Wildman–Crippen LogP) is 2.11. The van der Waals surface area contributed by atoms with E-state index in [9.17, 15) is 0 Å². The maximum absolute atomic E-state index is 5.93. The Morgan fingerprint density at radius 2 is 2.16 bits per heavy atom. The smallest absolute Gasteiger partial charge is 0.146 e. The van der Waals surface area contributed by atoms with Crippen molar-refractivity contribution in [3.63, 3.8) is 0 Å². The van der Waals surface area contributed by atoms with Gasteiger partial charge in [-0.2, -0.15) is 5.10 Å². The van der Waals surface area contributed by atoms with E-state index in [1.807, 2.05) is 31.2 Å². The first kappa shape index (κ1) is 11.5. The summed E-state index contributed by atoms with van der Waals surface area (Å²) in [6.45, 7) is 2.01. The second-order valence-electron chi connectivity index (χ2n) is 4.34. The zero-order valence-corrected chi connectivity index (χ0v) is 10.5. The van der Waals surface area contributed by atoms with Gasteiger partial charge >= 0.3 is 0 Å². The highest BCUT2D eigenvalue weighted by atomic mass is 15.2. The highest BCUT2D eigenvalue weighted by molar-refractivity contribution is 5.98. The molecule has 0 amide bonds. The number of benzene rings is 1. The molecule has 6 heteroatoms. The lowest BCUT2D eigenvalue weighted by Crippen LogP contribution is -2.09. The van der Waals surface area contributed by atoms with Gasteiger partial charge in [0, 0.05) is 17.3 Å². The molecule has 1 atom stereocenters. The molecule has 1 aromatic carbocycles. The molecule has 2 aromatic heterocycles. The molecular weight excluding hydrogens is 240 g/mol. The van der Waals surface area contributed by atoms with Crippen LogP contribution in [0.2, 0.25) is 0 Å². The van der Waals surface area contributed by atoms with Crippen LogP contribution in [0.5, 0.6) is 0 Å². The van der Waals surface area contributed by atoms with Crippen molar-refractivity contribution in [3.8, 4) is 0 Å². The molecule has 0 fully saturated rings. The number of nitrogens with two attached hydrogens (primary N) is 1. The highest BCUT2D eigenvalue weighted by Crippen LogP contribution is 2.28. The second kappa shape index (κ2) is 4.56. The number of aromatic nitrogens is 4. The molecule has 0 saturated carbocycles. The van der Waals surface area contributed by atoms with Gasteiger partial charge in [0.25, 0.3) is 0 Å². The molecule has 0 aliphatic heterocycles. The Bertz CT molecular complexity index is 691. The number of pyridine rings is 1. The normalized spacial score (nSPS) is 12.5. The quantitative estimate of drug-likeness (QED) is 0.622. The third kappa shape index (κ3) is 2.08. The fourth-order valence-corrected chi connectivity index (χ4v) is 2.05. The van der Waals surface area contributed by atoms with Crippen LogP contribution in [0.25, 0.3) is 10.9 Å². The number of nitrogens with one attached hydrogen (secondary N) is 2. The third-order valence-corrected chi connectivity index (χ3v) is 3.02. The van der Waals surface area contributed by atoms with Crippen molar-refractivity contribution in [2.75, 3.05) is 11.1 Å². The van der Waals surface area contributed by atoms with E-state index < -0.39 is 0 Å². The summed E-state index contributed by atoms with van der Waals surface area (Å²) in [6.07, 6.45) is 3.23. The summed E-state index contributed by atoms with van der Waals surface area (Å²) in [4.78, 5) is 8.45. The Labute approximate surface area is 110 Å². The van der Waals surface area contributed by atoms with Crippen LogP contribution < -0.4 is 11.1 Å². The molecular formula is C13H14N6. The average molecular weight is 254 g/mol. The zero-order valence-electron chi connectivity index (χ0n) is 10.5. The Kier molecular flexibility index (Phi) is 2.75. The fourth-order valence-electron chi connectivity index (χ4n) is 2.05. The van der Waals surface area contributed by atoms with Gasteiger partial charge < -0.3 is 11.1 Å². The van der Waals surface area contributed by atoms with Gasteiger partial charge in [-0.15, -0.1) is 0 Å². The van der Waals surface area contributed by atoms with Gasteiger partial charge in [0.05, 0.1) is 17.2 Å². The van der Waals surface area contributed by atoms with E-state index in [4.69, 9.17) is 5.73 Å². The van der Waals surface area contributed by atoms with Gasteiger partial charge in [0.2, 0.25) is 0 Å². The van der Waals surface area contributed by atoms with Gasteiger partial charge in [-0.05, 0) is 31.2 Å². The first-order valence-electron chi connectivity index (χ1n) is 6.00. The molecule has 2 heterocycles. The van der Waals surface area contributed by atoms with Crippen LogP contribution in [0.1, 0.15) is 18.8 Å². The minimum absolute atomic E-state index is 0.0227. The molecule has 4 N–H and O–H groups in total. The summed E-state index contributed by atoms with van der Waals surface area (Å²) >= 11 is 0. The van der Waals surface area contributed by atoms with Gasteiger partial charge in [0.15, 0.2) is 0 Å². The summed E-state index contributed by atoms with van der Waals surface area (Å²) in [5.74, 6) is 0.786. The van der Waals surface area contributed by atoms with Gasteiger partial charge in [-0.3, -0.25) is 10.1 Å². The van der Waals surface area contributed by atoms with Gasteiger partial charge in [0.1, 0.15) is 12.2 Å². The molecule has 6 nitrogen and oxygen atoms in total. The van der Waals surface area contributed by atoms with Crippen molar-refractivity contribution in [2.45, 2.75) is 13.0 Å². The van der Waals surface area contributed by atoms with E-state index in [0.717, 1.165) is 22.4 Å². The van der Waals surface area contributed by atoms with E-state index in [0.29, 0.717) is 5.69 Å². The monoisotopic (exact) mass is 254 g/mol. The fraction of sp³-hybridized carbons (Fsp3) is 0.154. The van der Waals surface area contributed by atoms with Gasteiger partial charge in [-0.1, -0.05) is 0 Å². The molecule has 96 valence electrons. The van der Waals surface area contributed by atoms with Crippen molar-refractivity contribution >= 4 is 22.3 Å². The maximum atomic E-state index is 5.93. The molecule has 0 aliphatic rings. The Morgan fingerprint density at radius 3 is 2.95 bits per heavy atom. The summed E-state index contributed by atoms with van der Waals surface area (Å²) in [5, 5.41) is 11.1. The molecule has 1 unspecified atom stereocenters. The molecule has 0 aliphatic carbocycles. The number of nitrogen functional groups attached to an aromatic ring is 1. The van der Waals surface area contributed by atoms with Crippen LogP contribution in [-0.2, 0) is 0 Å². The molecule has 19 heavy (non-hydrogen) atoms. The van der Waals surface area contributed by atoms with Crippen molar-refractivity contribution in [1.29, 1.82) is 0 Å². The van der Waals surface area contributed by atoms with E-state index in [1.165, 1.54) is 6.33 Å². The Balaban J connectivity index is 2.00. The number of nitrogens with zero attached hydrogens (tertiary/aromatic N) is 3. The highest BCUT2D eigenvalue weighted by Gasteiger charge is 2.11. The zero-order chi connectivity index (χ0) is 13.2. The molecule has 0 saturated heterocycles. The number of aromatic amines is 1. The van der Waals surface area contributed by atoms with Crippen LogP contribution in [0.4, 0.5) is 11.4 Å². The first-order valence-corrected chi connectivity index (χ1v) is 6.00. The van der Waals surface area contributed by atoms with Crippen LogP contribution in [0, 0.1) is 0 Å². The van der Waals surface area contributed by atoms with Crippen molar-refractivity contribution in [3.05, 3.63) is 42.6 Å². The standard InChI is InChI=1S/C13H14N6/c1-8(13-16-7-17-19-13)18-11-5-4-10(14)12-9(11)3-2-6-15-12/h2-8,18H,14H2,1H3,(H,16,17,19). The van der Waals surface area contributed by atoms with Crippen molar-refractivity contribution in [2.24, 2.45) is 0 Å². The van der Waals surface area contributed by atoms with E-state index in [2.05, 4.69) is 25.5 Å². The van der Waals surface area contributed by atoms with Crippen LogP contribution >= 0.6 is 0 Å².